The zero-order valence-electron chi connectivity index (χ0n) is 22.0. The van der Waals surface area contributed by atoms with Crippen LogP contribution in [0.5, 0.6) is 0 Å². The number of nitrogens with zero attached hydrogens (tertiary/aromatic N) is 5. The van der Waals surface area contributed by atoms with Gasteiger partial charge in [-0.05, 0) is 48.5 Å². The maximum atomic E-state index is 5.20. The van der Waals surface area contributed by atoms with Crippen LogP contribution < -0.4 is 4.90 Å². The van der Waals surface area contributed by atoms with E-state index in [0.717, 1.165) is 79.6 Å². The van der Waals surface area contributed by atoms with E-state index in [1.54, 1.807) is 0 Å². The molecule has 5 heteroatoms. The molecule has 7 aromatic rings. The number of para-hydroxylation sites is 5. The fourth-order valence-corrected chi connectivity index (χ4v) is 5.87. The Hall–Kier alpha value is -5.29. The quantitative estimate of drug-likeness (QED) is 0.235. The van der Waals surface area contributed by atoms with Crippen LogP contribution in [0.15, 0.2) is 121 Å². The van der Waals surface area contributed by atoms with Crippen molar-refractivity contribution in [2.75, 3.05) is 4.90 Å². The Balaban J connectivity index is 1.47. The van der Waals surface area contributed by atoms with Gasteiger partial charge in [-0.15, -0.1) is 0 Å². The molecule has 0 bridgehead atoms. The summed E-state index contributed by atoms with van der Waals surface area (Å²) >= 11 is 0. The number of rotatable bonds is 4. The van der Waals surface area contributed by atoms with E-state index in [9.17, 15) is 0 Å². The lowest BCUT2D eigenvalue weighted by atomic mass is 10.0. The second-order valence-electron chi connectivity index (χ2n) is 10.0. The summed E-state index contributed by atoms with van der Waals surface area (Å²) in [5, 5.41) is 0. The molecule has 0 saturated heterocycles. The van der Waals surface area contributed by atoms with E-state index < -0.39 is 0 Å². The molecule has 0 aliphatic carbocycles. The van der Waals surface area contributed by atoms with E-state index in [-0.39, 0.29) is 0 Å². The van der Waals surface area contributed by atoms with Crippen molar-refractivity contribution in [2.24, 2.45) is 0 Å². The van der Waals surface area contributed by atoms with Gasteiger partial charge in [0, 0.05) is 23.2 Å². The van der Waals surface area contributed by atoms with Crippen LogP contribution in [-0.2, 0) is 6.42 Å². The van der Waals surface area contributed by atoms with Crippen LogP contribution in [0.25, 0.3) is 50.3 Å². The van der Waals surface area contributed by atoms with E-state index in [0.29, 0.717) is 0 Å². The summed E-state index contributed by atoms with van der Waals surface area (Å²) in [6, 6.07) is 42.0. The number of anilines is 3. The first kappa shape index (κ1) is 22.7. The topological polar surface area (TPSA) is 46.8 Å². The van der Waals surface area contributed by atoms with E-state index >= 15 is 0 Å². The molecule has 40 heavy (non-hydrogen) atoms. The molecule has 0 amide bonds. The van der Waals surface area contributed by atoms with Gasteiger partial charge in [-0.3, -0.25) is 4.57 Å². The summed E-state index contributed by atoms with van der Waals surface area (Å²) in [5.41, 5.74) is 12.0. The first-order valence-corrected chi connectivity index (χ1v) is 13.6. The largest absolute Gasteiger partial charge is 0.306 e. The lowest BCUT2D eigenvalue weighted by Crippen LogP contribution is -2.19. The molecule has 0 N–H and O–H groups in total. The maximum Gasteiger partial charge on any atom is 0.114 e. The SMILES string of the molecule is CCc1nc2cc(-c3nc4ccccc4nc3-c3ccccc3)cc3c2n1-c1ccccc1N3c1ccccc1. The maximum absolute atomic E-state index is 5.20. The van der Waals surface area contributed by atoms with Gasteiger partial charge in [-0.2, -0.15) is 0 Å². The van der Waals surface area contributed by atoms with E-state index in [1.165, 1.54) is 0 Å². The fraction of sp³-hybridized carbons (Fsp3) is 0.0571. The minimum atomic E-state index is 0.828. The molecule has 3 heterocycles. The van der Waals surface area contributed by atoms with Crippen molar-refractivity contribution in [3.05, 3.63) is 127 Å². The monoisotopic (exact) mass is 515 g/mol. The number of aryl methyl sites for hydroxylation is 1. The zero-order valence-corrected chi connectivity index (χ0v) is 22.0. The van der Waals surface area contributed by atoms with Crippen molar-refractivity contribution in [3.63, 3.8) is 0 Å². The van der Waals surface area contributed by atoms with Gasteiger partial charge in [0.1, 0.15) is 5.82 Å². The van der Waals surface area contributed by atoms with E-state index in [2.05, 4.69) is 95.3 Å². The van der Waals surface area contributed by atoms with Crippen molar-refractivity contribution in [2.45, 2.75) is 13.3 Å². The van der Waals surface area contributed by atoms with Crippen LogP contribution in [0.4, 0.5) is 17.1 Å². The van der Waals surface area contributed by atoms with Gasteiger partial charge in [0.2, 0.25) is 0 Å². The van der Waals surface area contributed by atoms with Crippen molar-refractivity contribution in [1.29, 1.82) is 0 Å². The molecule has 1 aliphatic rings. The summed E-state index contributed by atoms with van der Waals surface area (Å²) in [6.45, 7) is 2.17. The zero-order chi connectivity index (χ0) is 26.6. The number of fused-ring (bicyclic) bond motifs is 3. The van der Waals surface area contributed by atoms with Crippen LogP contribution >= 0.6 is 0 Å². The molecule has 2 aromatic heterocycles. The average molecular weight is 516 g/mol. The number of benzene rings is 5. The molecule has 0 atom stereocenters. The van der Waals surface area contributed by atoms with Crippen LogP contribution in [0.3, 0.4) is 0 Å². The van der Waals surface area contributed by atoms with Gasteiger partial charge < -0.3 is 4.90 Å². The minimum absolute atomic E-state index is 0.828. The molecule has 190 valence electrons. The molecule has 0 saturated carbocycles. The van der Waals surface area contributed by atoms with Gasteiger partial charge in [-0.1, -0.05) is 79.7 Å². The van der Waals surface area contributed by atoms with Crippen molar-refractivity contribution < 1.29 is 0 Å². The minimum Gasteiger partial charge on any atom is -0.306 e. The molecule has 0 fully saturated rings. The second kappa shape index (κ2) is 8.89. The van der Waals surface area contributed by atoms with Gasteiger partial charge in [-0.25, -0.2) is 15.0 Å². The standard InChI is InChI=1S/C35H25N5/c1-2-32-36-28-21-24(34-33(23-13-5-3-6-14-23)37-26-17-9-10-18-27(26)38-34)22-31-35(28)40(32)30-20-12-11-19-29(30)39(31)25-15-7-4-8-16-25/h3-22H,2H2,1H3. The Bertz CT molecular complexity index is 2040. The predicted octanol–water partition coefficient (Wildman–Crippen LogP) is 8.65. The molecule has 8 rings (SSSR count). The Labute approximate surface area is 232 Å². The average Bonchev–Trinajstić information content (AvgIpc) is 3.41. The first-order chi connectivity index (χ1) is 19.8. The summed E-state index contributed by atoms with van der Waals surface area (Å²) in [6.07, 6.45) is 0.828. The van der Waals surface area contributed by atoms with Gasteiger partial charge in [0.25, 0.3) is 0 Å². The lowest BCUT2D eigenvalue weighted by molar-refractivity contribution is 0.900. The van der Waals surface area contributed by atoms with Crippen LogP contribution in [0.2, 0.25) is 0 Å². The lowest BCUT2D eigenvalue weighted by Gasteiger charge is -2.33. The highest BCUT2D eigenvalue weighted by Gasteiger charge is 2.30. The summed E-state index contributed by atoms with van der Waals surface area (Å²) in [7, 11) is 0. The Morgan fingerprint density at radius 3 is 1.82 bits per heavy atom. The molecular weight excluding hydrogens is 490 g/mol. The molecule has 0 unspecified atom stereocenters. The molecule has 0 radical (unpaired) electrons. The summed E-state index contributed by atoms with van der Waals surface area (Å²) in [4.78, 5) is 17.8. The van der Waals surface area contributed by atoms with Crippen molar-refractivity contribution >= 4 is 39.1 Å². The Morgan fingerprint density at radius 2 is 1.12 bits per heavy atom. The molecule has 0 spiro atoms. The van der Waals surface area contributed by atoms with Crippen LogP contribution in [0.1, 0.15) is 12.7 Å². The Kier molecular flexibility index (Phi) is 5.04. The van der Waals surface area contributed by atoms with Crippen molar-refractivity contribution in [3.8, 4) is 28.2 Å². The van der Waals surface area contributed by atoms with Crippen LogP contribution in [0, 0.1) is 0 Å². The number of imidazole rings is 1. The number of hydrogen-bond donors (Lipinski definition) is 0. The first-order valence-electron chi connectivity index (χ1n) is 13.6. The van der Waals surface area contributed by atoms with E-state index in [1.807, 2.05) is 42.5 Å². The third-order valence-electron chi connectivity index (χ3n) is 7.63. The molecular formula is C35H25N5. The van der Waals surface area contributed by atoms with E-state index in [4.69, 9.17) is 15.0 Å². The van der Waals surface area contributed by atoms with Gasteiger partial charge in [0.15, 0.2) is 0 Å². The smallest absolute Gasteiger partial charge is 0.114 e. The third kappa shape index (κ3) is 3.38. The van der Waals surface area contributed by atoms with Crippen LogP contribution in [-0.4, -0.2) is 19.5 Å². The molecule has 5 aromatic carbocycles. The second-order valence-corrected chi connectivity index (χ2v) is 10.0. The molecule has 1 aliphatic heterocycles. The number of aromatic nitrogens is 4. The van der Waals surface area contributed by atoms with Gasteiger partial charge in [0.05, 0.1) is 50.5 Å². The highest BCUT2D eigenvalue weighted by molar-refractivity contribution is 6.04. The molecule has 5 nitrogen and oxygen atoms in total. The highest BCUT2D eigenvalue weighted by atomic mass is 15.2. The van der Waals surface area contributed by atoms with Gasteiger partial charge >= 0.3 is 0 Å². The summed E-state index contributed by atoms with van der Waals surface area (Å²) in [5.74, 6) is 1.04. The predicted molar refractivity (Wildman–Crippen MR) is 163 cm³/mol. The third-order valence-corrected chi connectivity index (χ3v) is 7.63. The highest BCUT2D eigenvalue weighted by Crippen LogP contribution is 2.48. The van der Waals surface area contributed by atoms with Crippen molar-refractivity contribution in [1.82, 2.24) is 19.5 Å². The Morgan fingerprint density at radius 1 is 0.525 bits per heavy atom. The number of hydrogen-bond acceptors (Lipinski definition) is 4. The fourth-order valence-electron chi connectivity index (χ4n) is 5.87. The normalized spacial score (nSPS) is 12.2. The summed E-state index contributed by atoms with van der Waals surface area (Å²) < 4.78 is 2.33.